The first-order valence-electron chi connectivity index (χ1n) is 9.66. The summed E-state index contributed by atoms with van der Waals surface area (Å²) in [5, 5.41) is 17.8. The maximum Gasteiger partial charge on any atom is 2.00 e. The zero-order valence-corrected chi connectivity index (χ0v) is 21.1. The van der Waals surface area contributed by atoms with Crippen LogP contribution in [0, 0.1) is 0 Å². The third-order valence-corrected chi connectivity index (χ3v) is 3.84. The van der Waals surface area contributed by atoms with Crippen molar-refractivity contribution in [1.82, 2.24) is 0 Å². The molecule has 0 bridgehead atoms. The van der Waals surface area contributed by atoms with Gasteiger partial charge < -0.3 is 20.0 Å². The Labute approximate surface area is 205 Å². The molecule has 4 aromatic rings. The molecule has 0 heterocycles. The van der Waals surface area contributed by atoms with Gasteiger partial charge in [-0.25, -0.2) is 24.3 Å². The summed E-state index contributed by atoms with van der Waals surface area (Å²) in [5.41, 5.74) is 2.19. The van der Waals surface area contributed by atoms with E-state index < -0.39 is 0 Å². The first-order chi connectivity index (χ1) is 14.4. The van der Waals surface area contributed by atoms with Crippen molar-refractivity contribution in [2.45, 2.75) is 0 Å². The summed E-state index contributed by atoms with van der Waals surface area (Å²) in [7, 11) is 7.86. The van der Waals surface area contributed by atoms with E-state index in [1.54, 1.807) is 24.3 Å². The van der Waals surface area contributed by atoms with Gasteiger partial charge in [-0.1, -0.05) is 0 Å². The van der Waals surface area contributed by atoms with Gasteiger partial charge in [-0.3, -0.25) is 0 Å². The number of anilines is 2. The van der Waals surface area contributed by atoms with E-state index in [4.69, 9.17) is 10.2 Å². The van der Waals surface area contributed by atoms with Gasteiger partial charge in [-0.2, -0.15) is 36.4 Å². The van der Waals surface area contributed by atoms with Crippen LogP contribution in [0.25, 0.3) is 0 Å². The summed E-state index contributed by atoms with van der Waals surface area (Å²) >= 11 is 0. The van der Waals surface area contributed by atoms with Gasteiger partial charge in [0, 0.05) is 39.6 Å². The quantitative estimate of drug-likeness (QED) is 0.349. The zero-order chi connectivity index (χ0) is 22.2. The fraction of sp³-hybridized carbons (Fsp3) is 0.154. The Morgan fingerprint density at radius 3 is 0.935 bits per heavy atom. The van der Waals surface area contributed by atoms with Crippen molar-refractivity contribution in [2.24, 2.45) is 0 Å². The second-order valence-corrected chi connectivity index (χ2v) is 6.75. The number of phenolic OH excluding ortho intramolecular Hbond substituents is 2. The summed E-state index contributed by atoms with van der Waals surface area (Å²) in [5.74, 6) is 0.621. The Bertz CT molecular complexity index is 745. The molecule has 162 valence electrons. The van der Waals surface area contributed by atoms with E-state index in [-0.39, 0.29) is 26.2 Å². The normalized spacial score (nSPS) is 8.65. The average molecular weight is 496 g/mol. The Kier molecular flexibility index (Phi) is 15.4. The van der Waals surface area contributed by atoms with Crippen molar-refractivity contribution >= 4 is 11.4 Å². The molecular formula is C26H32N2O2Zr. The third kappa shape index (κ3) is 14.0. The van der Waals surface area contributed by atoms with Crippen molar-refractivity contribution in [3.05, 3.63) is 109 Å². The number of hydrogen-bond donors (Lipinski definition) is 2. The molecule has 5 heteroatoms. The van der Waals surface area contributed by atoms with Crippen LogP contribution in [0.15, 0.2) is 109 Å². The first-order valence-corrected chi connectivity index (χ1v) is 9.66. The molecule has 0 aliphatic carbocycles. The molecule has 0 unspecified atom stereocenters. The van der Waals surface area contributed by atoms with Crippen molar-refractivity contribution in [3.8, 4) is 11.5 Å². The van der Waals surface area contributed by atoms with Gasteiger partial charge in [0.05, 0.1) is 0 Å². The van der Waals surface area contributed by atoms with Crippen LogP contribution >= 0.6 is 0 Å². The average Bonchev–Trinajstić information content (AvgIpc) is 3.48. The molecule has 0 fully saturated rings. The minimum Gasteiger partial charge on any atom is -0.508 e. The van der Waals surface area contributed by atoms with Gasteiger partial charge in [-0.15, -0.1) is 0 Å². The molecule has 0 aliphatic rings. The standard InChI is InChI=1S/2C8H11NO.2C5H5.Zr/c2*1-9(2)7-3-5-8(10)6-4-7;2*1-2-4-5-3-1;/h2*3-6,10H,1-2H3;2*1-5H;/q;;2*-1;+2. The summed E-state index contributed by atoms with van der Waals surface area (Å²) in [6.07, 6.45) is 0. The maximum atomic E-state index is 8.92. The van der Waals surface area contributed by atoms with E-state index in [9.17, 15) is 0 Å². The van der Waals surface area contributed by atoms with Gasteiger partial charge in [0.1, 0.15) is 11.5 Å². The van der Waals surface area contributed by atoms with Crippen molar-refractivity contribution < 1.29 is 36.4 Å². The Balaban J connectivity index is 0.000000401. The summed E-state index contributed by atoms with van der Waals surface area (Å²) in [4.78, 5) is 3.97. The molecule has 0 spiro atoms. The van der Waals surface area contributed by atoms with Crippen LogP contribution in [0.1, 0.15) is 0 Å². The molecule has 4 rings (SSSR count). The van der Waals surface area contributed by atoms with E-state index in [2.05, 4.69) is 0 Å². The van der Waals surface area contributed by atoms with Crippen LogP contribution in [0.4, 0.5) is 11.4 Å². The maximum absolute atomic E-state index is 8.92. The van der Waals surface area contributed by atoms with Crippen LogP contribution in [0.5, 0.6) is 11.5 Å². The van der Waals surface area contributed by atoms with Crippen LogP contribution < -0.4 is 9.80 Å². The molecule has 4 nitrogen and oxygen atoms in total. The number of phenols is 2. The van der Waals surface area contributed by atoms with Gasteiger partial charge in [0.15, 0.2) is 0 Å². The molecular weight excluding hydrogens is 464 g/mol. The monoisotopic (exact) mass is 494 g/mol. The number of benzene rings is 2. The number of rotatable bonds is 2. The molecule has 0 aliphatic heterocycles. The molecule has 0 aromatic heterocycles. The number of hydrogen-bond acceptors (Lipinski definition) is 4. The van der Waals surface area contributed by atoms with Crippen molar-refractivity contribution in [2.75, 3.05) is 38.0 Å². The largest absolute Gasteiger partial charge is 2.00 e. The fourth-order valence-corrected chi connectivity index (χ4v) is 2.14. The van der Waals surface area contributed by atoms with Crippen LogP contribution in [-0.2, 0) is 26.2 Å². The first kappa shape index (κ1) is 28.2. The van der Waals surface area contributed by atoms with E-state index in [1.165, 1.54) is 0 Å². The van der Waals surface area contributed by atoms with Gasteiger partial charge in [0.25, 0.3) is 0 Å². The van der Waals surface area contributed by atoms with Crippen molar-refractivity contribution in [1.29, 1.82) is 0 Å². The molecule has 0 saturated carbocycles. The second kappa shape index (κ2) is 17.0. The smallest absolute Gasteiger partial charge is 0.508 e. The fourth-order valence-electron chi connectivity index (χ4n) is 2.14. The predicted octanol–water partition coefficient (Wildman–Crippen LogP) is 5.72. The van der Waals surface area contributed by atoms with E-state index in [1.807, 2.05) is 123 Å². The summed E-state index contributed by atoms with van der Waals surface area (Å²) < 4.78 is 0. The number of nitrogens with zero attached hydrogens (tertiary/aromatic N) is 2. The SMILES string of the molecule is CN(C)c1ccc(O)cc1.CN(C)c1ccc(O)cc1.[Zr+2].c1cc[cH-]c1.c1cc[cH-]c1. The van der Waals surface area contributed by atoms with Gasteiger partial charge in [-0.05, 0) is 48.5 Å². The molecule has 31 heavy (non-hydrogen) atoms. The topological polar surface area (TPSA) is 46.9 Å². The van der Waals surface area contributed by atoms with E-state index >= 15 is 0 Å². The minimum absolute atomic E-state index is 0. The summed E-state index contributed by atoms with van der Waals surface area (Å²) in [6, 6.07) is 34.2. The Hall–Kier alpha value is -2.78. The van der Waals surface area contributed by atoms with Gasteiger partial charge >= 0.3 is 26.2 Å². The molecule has 0 amide bonds. The third-order valence-electron chi connectivity index (χ3n) is 3.84. The van der Waals surface area contributed by atoms with Crippen LogP contribution in [0.3, 0.4) is 0 Å². The van der Waals surface area contributed by atoms with Crippen molar-refractivity contribution in [3.63, 3.8) is 0 Å². The Morgan fingerprint density at radius 1 is 0.516 bits per heavy atom. The second-order valence-electron chi connectivity index (χ2n) is 6.75. The molecule has 4 aromatic carbocycles. The van der Waals surface area contributed by atoms with Gasteiger partial charge in [0.2, 0.25) is 0 Å². The molecule has 0 atom stereocenters. The molecule has 2 N–H and O–H groups in total. The molecule has 0 saturated heterocycles. The molecule has 0 radical (unpaired) electrons. The van der Waals surface area contributed by atoms with E-state index in [0.717, 1.165) is 11.4 Å². The Morgan fingerprint density at radius 2 is 0.774 bits per heavy atom. The summed E-state index contributed by atoms with van der Waals surface area (Å²) in [6.45, 7) is 0. The van der Waals surface area contributed by atoms with Crippen LogP contribution in [-0.4, -0.2) is 38.4 Å². The minimum atomic E-state index is 0. The van der Waals surface area contributed by atoms with Crippen LogP contribution in [0.2, 0.25) is 0 Å². The zero-order valence-electron chi connectivity index (χ0n) is 18.7. The van der Waals surface area contributed by atoms with E-state index in [0.29, 0.717) is 11.5 Å². The number of aromatic hydroxyl groups is 2. The predicted molar refractivity (Wildman–Crippen MR) is 129 cm³/mol.